The number of hydrogen-bond donors (Lipinski definition) is 2. The van der Waals surface area contributed by atoms with Crippen LogP contribution >= 0.6 is 0 Å². The molecule has 33 heavy (non-hydrogen) atoms. The fraction of sp³-hybridized carbons (Fsp3) is 0.636. The van der Waals surface area contributed by atoms with Gasteiger partial charge in [0.05, 0.1) is 28.4 Å². The lowest BCUT2D eigenvalue weighted by Crippen LogP contribution is -2.58. The standard InChI is InChI=1S/C22H32F2N8O/c1-14-17(12-32(29-14)15-6-9-30(4)11-15)27-21-26-10-16(18(23)24)19(28-21)25-7-5-8-31-13-22(2,3)20(31)33/h10,12,15,18H,5-9,11,13H2,1-4H3,(H2,25,26,27,28). The molecule has 0 spiro atoms. The number of aryl methyl sites for hydroxylation is 1. The lowest BCUT2D eigenvalue weighted by atomic mass is 9.83. The van der Waals surface area contributed by atoms with E-state index in [1.54, 1.807) is 4.90 Å². The number of anilines is 3. The molecule has 11 heteroatoms. The number of hydrogen-bond acceptors (Lipinski definition) is 7. The molecule has 2 fully saturated rings. The highest BCUT2D eigenvalue weighted by Crippen LogP contribution is 2.31. The van der Waals surface area contributed by atoms with Crippen molar-refractivity contribution < 1.29 is 13.6 Å². The van der Waals surface area contributed by atoms with E-state index in [0.29, 0.717) is 25.6 Å². The van der Waals surface area contributed by atoms with Gasteiger partial charge in [-0.25, -0.2) is 13.8 Å². The van der Waals surface area contributed by atoms with Crippen molar-refractivity contribution >= 4 is 23.4 Å². The van der Waals surface area contributed by atoms with Crippen LogP contribution in [0.2, 0.25) is 0 Å². The van der Waals surface area contributed by atoms with Crippen molar-refractivity contribution in [1.82, 2.24) is 29.5 Å². The molecule has 2 aliphatic heterocycles. The molecule has 180 valence electrons. The number of rotatable bonds is 9. The zero-order valence-electron chi connectivity index (χ0n) is 19.6. The summed E-state index contributed by atoms with van der Waals surface area (Å²) in [6.45, 7) is 9.44. The number of nitrogens with one attached hydrogen (secondary N) is 2. The first-order chi connectivity index (χ1) is 15.6. The predicted molar refractivity (Wildman–Crippen MR) is 122 cm³/mol. The minimum atomic E-state index is -2.69. The quantitative estimate of drug-likeness (QED) is 0.437. The largest absolute Gasteiger partial charge is 0.369 e. The smallest absolute Gasteiger partial charge is 0.268 e. The molecule has 0 radical (unpaired) electrons. The Kier molecular flexibility index (Phi) is 6.51. The molecule has 2 aromatic heterocycles. The summed E-state index contributed by atoms with van der Waals surface area (Å²) in [7, 11) is 2.09. The molecule has 4 heterocycles. The van der Waals surface area contributed by atoms with Gasteiger partial charge in [0.25, 0.3) is 6.43 Å². The third-order valence-electron chi connectivity index (χ3n) is 6.31. The molecule has 2 aliphatic rings. The summed E-state index contributed by atoms with van der Waals surface area (Å²) in [5, 5.41) is 10.7. The SMILES string of the molecule is Cc1nn(C2CCN(C)C2)cc1Nc1ncc(C(F)F)c(NCCCN2CC(C)(C)C2=O)n1. The highest BCUT2D eigenvalue weighted by molar-refractivity contribution is 5.87. The normalized spacial score (nSPS) is 20.4. The Bertz CT molecular complexity index is 1010. The highest BCUT2D eigenvalue weighted by Gasteiger charge is 2.43. The Balaban J connectivity index is 1.39. The van der Waals surface area contributed by atoms with Crippen molar-refractivity contribution in [3.05, 3.63) is 23.7 Å². The summed E-state index contributed by atoms with van der Waals surface area (Å²) in [6.07, 6.45) is 2.05. The van der Waals surface area contributed by atoms with Gasteiger partial charge in [-0.2, -0.15) is 10.1 Å². The Morgan fingerprint density at radius 3 is 2.76 bits per heavy atom. The molecule has 2 N–H and O–H groups in total. The highest BCUT2D eigenvalue weighted by atomic mass is 19.3. The van der Waals surface area contributed by atoms with Crippen molar-refractivity contribution in [2.45, 2.75) is 46.1 Å². The average molecular weight is 463 g/mol. The van der Waals surface area contributed by atoms with E-state index in [0.717, 1.165) is 43.6 Å². The topological polar surface area (TPSA) is 91.2 Å². The van der Waals surface area contributed by atoms with Crippen LogP contribution in [0.25, 0.3) is 0 Å². The second kappa shape index (κ2) is 9.20. The molecule has 1 unspecified atom stereocenters. The molecule has 1 amide bonds. The average Bonchev–Trinajstić information content (AvgIpc) is 3.35. The molecule has 2 saturated heterocycles. The second-order valence-corrected chi connectivity index (χ2v) is 9.63. The molecule has 0 saturated carbocycles. The Labute approximate surface area is 192 Å². The first-order valence-corrected chi connectivity index (χ1v) is 11.3. The first kappa shape index (κ1) is 23.3. The van der Waals surface area contributed by atoms with Crippen LogP contribution in [0.5, 0.6) is 0 Å². The summed E-state index contributed by atoms with van der Waals surface area (Å²) in [6, 6.07) is 0.312. The van der Waals surface area contributed by atoms with E-state index in [1.807, 2.05) is 31.6 Å². The van der Waals surface area contributed by atoms with Gasteiger partial charge in [0.15, 0.2) is 0 Å². The van der Waals surface area contributed by atoms with Gasteiger partial charge < -0.3 is 20.4 Å². The van der Waals surface area contributed by atoms with Crippen LogP contribution in [0.1, 0.15) is 50.4 Å². The van der Waals surface area contributed by atoms with Gasteiger partial charge in [0, 0.05) is 38.6 Å². The number of β-lactam (4-membered cyclic amide) rings is 1. The summed E-state index contributed by atoms with van der Waals surface area (Å²) in [5.41, 5.74) is 1.01. The zero-order valence-corrected chi connectivity index (χ0v) is 19.6. The van der Waals surface area contributed by atoms with Crippen LogP contribution in [0.3, 0.4) is 0 Å². The minimum absolute atomic E-state index is 0.0974. The molecule has 0 bridgehead atoms. The number of carbonyl (C=O) groups is 1. The van der Waals surface area contributed by atoms with Crippen molar-refractivity contribution in [3.8, 4) is 0 Å². The van der Waals surface area contributed by atoms with Crippen LogP contribution in [-0.2, 0) is 4.79 Å². The van der Waals surface area contributed by atoms with E-state index in [9.17, 15) is 13.6 Å². The molecular formula is C22H32F2N8O. The maximum absolute atomic E-state index is 13.5. The van der Waals surface area contributed by atoms with Crippen LogP contribution < -0.4 is 10.6 Å². The van der Waals surface area contributed by atoms with E-state index < -0.39 is 6.43 Å². The van der Waals surface area contributed by atoms with Gasteiger partial charge in [0.2, 0.25) is 11.9 Å². The summed E-state index contributed by atoms with van der Waals surface area (Å²) < 4.78 is 28.9. The van der Waals surface area contributed by atoms with E-state index in [-0.39, 0.29) is 28.7 Å². The molecule has 1 atom stereocenters. The number of carbonyl (C=O) groups excluding carboxylic acids is 1. The fourth-order valence-electron chi connectivity index (χ4n) is 4.40. The molecular weight excluding hydrogens is 430 g/mol. The van der Waals surface area contributed by atoms with Gasteiger partial charge in [-0.15, -0.1) is 0 Å². The molecule has 0 aromatic carbocycles. The molecule has 9 nitrogen and oxygen atoms in total. The third kappa shape index (κ3) is 5.07. The monoisotopic (exact) mass is 462 g/mol. The van der Waals surface area contributed by atoms with Crippen LogP contribution in [0.4, 0.5) is 26.2 Å². The van der Waals surface area contributed by atoms with Crippen molar-refractivity contribution in [3.63, 3.8) is 0 Å². The number of alkyl halides is 2. The van der Waals surface area contributed by atoms with Gasteiger partial charge in [-0.1, -0.05) is 0 Å². The number of nitrogens with zero attached hydrogens (tertiary/aromatic N) is 6. The third-order valence-corrected chi connectivity index (χ3v) is 6.31. The van der Waals surface area contributed by atoms with Gasteiger partial charge in [0.1, 0.15) is 5.82 Å². The number of aromatic nitrogens is 4. The molecule has 2 aromatic rings. The van der Waals surface area contributed by atoms with E-state index in [2.05, 4.69) is 37.6 Å². The molecule has 0 aliphatic carbocycles. The Morgan fingerprint density at radius 1 is 1.33 bits per heavy atom. The van der Waals surface area contributed by atoms with E-state index in [4.69, 9.17) is 0 Å². The zero-order chi connectivity index (χ0) is 23.8. The summed E-state index contributed by atoms with van der Waals surface area (Å²) in [4.78, 5) is 24.4. The van der Waals surface area contributed by atoms with Crippen molar-refractivity contribution in [2.24, 2.45) is 5.41 Å². The maximum Gasteiger partial charge on any atom is 0.268 e. The first-order valence-electron chi connectivity index (χ1n) is 11.3. The Morgan fingerprint density at radius 2 is 2.12 bits per heavy atom. The van der Waals surface area contributed by atoms with E-state index in [1.165, 1.54) is 0 Å². The lowest BCUT2D eigenvalue weighted by molar-refractivity contribution is -0.156. The van der Waals surface area contributed by atoms with Crippen molar-refractivity contribution in [2.75, 3.05) is 50.4 Å². The van der Waals surface area contributed by atoms with Crippen molar-refractivity contribution in [1.29, 1.82) is 0 Å². The summed E-state index contributed by atoms with van der Waals surface area (Å²) >= 11 is 0. The maximum atomic E-state index is 13.5. The number of halogens is 2. The van der Waals surface area contributed by atoms with E-state index >= 15 is 0 Å². The Hall–Kier alpha value is -2.82. The number of likely N-dealkylation sites (N-methyl/N-ethyl adjacent to an activating group) is 1. The van der Waals surface area contributed by atoms with Gasteiger partial charge in [-0.3, -0.25) is 9.48 Å². The lowest BCUT2D eigenvalue weighted by Gasteiger charge is -2.44. The number of likely N-dealkylation sites (tertiary alicyclic amines) is 2. The second-order valence-electron chi connectivity index (χ2n) is 9.63. The minimum Gasteiger partial charge on any atom is -0.369 e. The fourth-order valence-corrected chi connectivity index (χ4v) is 4.40. The number of amides is 1. The van der Waals surface area contributed by atoms with Crippen LogP contribution in [-0.4, -0.2) is 75.2 Å². The van der Waals surface area contributed by atoms with Crippen LogP contribution in [0, 0.1) is 12.3 Å². The van der Waals surface area contributed by atoms with Gasteiger partial charge >= 0.3 is 0 Å². The van der Waals surface area contributed by atoms with Crippen LogP contribution in [0.15, 0.2) is 12.4 Å². The summed E-state index contributed by atoms with van der Waals surface area (Å²) in [5.74, 6) is 0.456. The van der Waals surface area contributed by atoms with Gasteiger partial charge in [-0.05, 0) is 47.2 Å². The predicted octanol–water partition coefficient (Wildman–Crippen LogP) is 3.21. The molecule has 4 rings (SSSR count).